The highest BCUT2D eigenvalue weighted by Gasteiger charge is 1.98. The van der Waals surface area contributed by atoms with Crippen LogP contribution in [0.1, 0.15) is 32.1 Å². The van der Waals surface area contributed by atoms with Gasteiger partial charge in [-0.2, -0.15) is 11.8 Å². The third-order valence-corrected chi connectivity index (χ3v) is 2.40. The van der Waals surface area contributed by atoms with E-state index in [0.717, 1.165) is 12.8 Å². The summed E-state index contributed by atoms with van der Waals surface area (Å²) in [6.45, 7) is 0. The van der Waals surface area contributed by atoms with Crippen molar-refractivity contribution in [3.05, 3.63) is 0 Å². The van der Waals surface area contributed by atoms with Crippen LogP contribution in [-0.2, 0) is 9.53 Å². The molecule has 0 saturated carbocycles. The van der Waals surface area contributed by atoms with Crippen molar-refractivity contribution in [1.29, 1.82) is 0 Å². The molecule has 12 heavy (non-hydrogen) atoms. The fourth-order valence-corrected chi connectivity index (χ4v) is 1.46. The van der Waals surface area contributed by atoms with Gasteiger partial charge in [0, 0.05) is 6.42 Å². The summed E-state index contributed by atoms with van der Waals surface area (Å²) < 4.78 is 4.53. The molecule has 0 spiro atoms. The first-order valence-corrected chi connectivity index (χ1v) is 5.76. The van der Waals surface area contributed by atoms with Crippen LogP contribution in [0.5, 0.6) is 0 Å². The number of carbonyl (C=O) groups is 1. The standard InChI is InChI=1S/C9H18O2S/c1-11-9(10)7-5-3-4-6-8-12-2/h3-8H2,1-2H3. The van der Waals surface area contributed by atoms with Gasteiger partial charge in [-0.05, 0) is 24.9 Å². The Labute approximate surface area is 79.1 Å². The second-order valence-electron chi connectivity index (χ2n) is 2.73. The maximum Gasteiger partial charge on any atom is 0.305 e. The maximum absolute atomic E-state index is 10.7. The van der Waals surface area contributed by atoms with Gasteiger partial charge in [-0.3, -0.25) is 4.79 Å². The smallest absolute Gasteiger partial charge is 0.305 e. The monoisotopic (exact) mass is 190 g/mol. The largest absolute Gasteiger partial charge is 0.469 e. The fraction of sp³-hybridized carbons (Fsp3) is 0.889. The zero-order chi connectivity index (χ0) is 9.23. The quantitative estimate of drug-likeness (QED) is 0.455. The second kappa shape index (κ2) is 8.91. The Morgan fingerprint density at radius 3 is 2.50 bits per heavy atom. The van der Waals surface area contributed by atoms with Gasteiger partial charge in [0.15, 0.2) is 0 Å². The second-order valence-corrected chi connectivity index (χ2v) is 3.72. The molecular weight excluding hydrogens is 172 g/mol. The van der Waals surface area contributed by atoms with E-state index in [2.05, 4.69) is 11.0 Å². The Bertz CT molecular complexity index is 115. The molecule has 0 amide bonds. The van der Waals surface area contributed by atoms with E-state index in [1.165, 1.54) is 25.7 Å². The summed E-state index contributed by atoms with van der Waals surface area (Å²) in [6, 6.07) is 0. The zero-order valence-electron chi connectivity index (χ0n) is 7.97. The molecule has 0 fully saturated rings. The number of rotatable bonds is 7. The van der Waals surface area contributed by atoms with Crippen LogP contribution >= 0.6 is 11.8 Å². The van der Waals surface area contributed by atoms with Crippen LogP contribution in [0.2, 0.25) is 0 Å². The van der Waals surface area contributed by atoms with Crippen LogP contribution < -0.4 is 0 Å². The number of carbonyl (C=O) groups excluding carboxylic acids is 1. The van der Waals surface area contributed by atoms with Gasteiger partial charge in [0.1, 0.15) is 0 Å². The Kier molecular flexibility index (Phi) is 8.78. The lowest BCUT2D eigenvalue weighted by atomic mass is 10.1. The van der Waals surface area contributed by atoms with Gasteiger partial charge in [-0.1, -0.05) is 12.8 Å². The van der Waals surface area contributed by atoms with Crippen molar-refractivity contribution in [3.8, 4) is 0 Å². The molecule has 3 heteroatoms. The van der Waals surface area contributed by atoms with Gasteiger partial charge in [0.25, 0.3) is 0 Å². The first kappa shape index (κ1) is 11.8. The maximum atomic E-state index is 10.7. The molecule has 0 aromatic rings. The zero-order valence-corrected chi connectivity index (χ0v) is 8.78. The number of hydrogen-bond donors (Lipinski definition) is 0. The van der Waals surface area contributed by atoms with E-state index in [1.54, 1.807) is 0 Å². The van der Waals surface area contributed by atoms with Crippen LogP contribution in [0.3, 0.4) is 0 Å². The third kappa shape index (κ3) is 7.92. The van der Waals surface area contributed by atoms with Crippen LogP contribution in [0.25, 0.3) is 0 Å². The summed E-state index contributed by atoms with van der Waals surface area (Å²) >= 11 is 1.88. The molecule has 0 radical (unpaired) electrons. The molecule has 0 aromatic carbocycles. The van der Waals surface area contributed by atoms with Gasteiger partial charge in [-0.15, -0.1) is 0 Å². The number of unbranched alkanes of at least 4 members (excludes halogenated alkanes) is 3. The van der Waals surface area contributed by atoms with E-state index < -0.39 is 0 Å². The molecule has 0 aliphatic rings. The molecule has 2 nitrogen and oxygen atoms in total. The average Bonchev–Trinajstić information content (AvgIpc) is 2.10. The lowest BCUT2D eigenvalue weighted by Crippen LogP contribution is -1.99. The average molecular weight is 190 g/mol. The molecule has 0 aliphatic carbocycles. The van der Waals surface area contributed by atoms with E-state index in [1.807, 2.05) is 11.8 Å². The number of hydrogen-bond acceptors (Lipinski definition) is 3. The lowest BCUT2D eigenvalue weighted by molar-refractivity contribution is -0.140. The summed E-state index contributed by atoms with van der Waals surface area (Å²) in [6.07, 6.45) is 7.32. The molecule has 0 unspecified atom stereocenters. The highest BCUT2D eigenvalue weighted by Crippen LogP contribution is 2.06. The minimum Gasteiger partial charge on any atom is -0.469 e. The molecular formula is C9H18O2S. The van der Waals surface area contributed by atoms with Gasteiger partial charge in [0.05, 0.1) is 7.11 Å². The van der Waals surface area contributed by atoms with Crippen molar-refractivity contribution in [2.45, 2.75) is 32.1 Å². The van der Waals surface area contributed by atoms with E-state index in [4.69, 9.17) is 0 Å². The molecule has 0 rings (SSSR count). The number of methoxy groups -OCH3 is 1. The summed E-state index contributed by atoms with van der Waals surface area (Å²) in [5.74, 6) is 1.15. The Balaban J connectivity index is 2.95. The fourth-order valence-electron chi connectivity index (χ4n) is 0.971. The van der Waals surface area contributed by atoms with E-state index >= 15 is 0 Å². The van der Waals surface area contributed by atoms with Crippen LogP contribution in [-0.4, -0.2) is 25.1 Å². The van der Waals surface area contributed by atoms with Crippen molar-refractivity contribution in [2.24, 2.45) is 0 Å². The molecule has 0 heterocycles. The molecule has 0 aromatic heterocycles. The Hall–Kier alpha value is -0.180. The van der Waals surface area contributed by atoms with Gasteiger partial charge < -0.3 is 4.74 Å². The van der Waals surface area contributed by atoms with E-state index in [-0.39, 0.29) is 5.97 Å². The van der Waals surface area contributed by atoms with E-state index in [9.17, 15) is 4.79 Å². The SMILES string of the molecule is COC(=O)CCCCCCSC. The van der Waals surface area contributed by atoms with Crippen molar-refractivity contribution in [3.63, 3.8) is 0 Å². The van der Waals surface area contributed by atoms with Gasteiger partial charge in [-0.25, -0.2) is 0 Å². The minimum atomic E-state index is -0.0835. The molecule has 0 N–H and O–H groups in total. The topological polar surface area (TPSA) is 26.3 Å². The van der Waals surface area contributed by atoms with Crippen molar-refractivity contribution < 1.29 is 9.53 Å². The Morgan fingerprint density at radius 1 is 1.25 bits per heavy atom. The van der Waals surface area contributed by atoms with Crippen molar-refractivity contribution in [1.82, 2.24) is 0 Å². The molecule has 72 valence electrons. The van der Waals surface area contributed by atoms with E-state index in [0.29, 0.717) is 6.42 Å². The Morgan fingerprint density at radius 2 is 1.92 bits per heavy atom. The minimum absolute atomic E-state index is 0.0835. The van der Waals surface area contributed by atoms with Crippen molar-refractivity contribution in [2.75, 3.05) is 19.1 Å². The summed E-state index contributed by atoms with van der Waals surface area (Å²) in [5, 5.41) is 0. The van der Waals surface area contributed by atoms with Crippen LogP contribution in [0.4, 0.5) is 0 Å². The van der Waals surface area contributed by atoms with Crippen molar-refractivity contribution >= 4 is 17.7 Å². The predicted octanol–water partition coefficient (Wildman–Crippen LogP) is 2.47. The van der Waals surface area contributed by atoms with Crippen LogP contribution in [0, 0.1) is 0 Å². The number of ether oxygens (including phenoxy) is 1. The van der Waals surface area contributed by atoms with Crippen LogP contribution in [0.15, 0.2) is 0 Å². The third-order valence-electron chi connectivity index (χ3n) is 1.71. The summed E-state index contributed by atoms with van der Waals surface area (Å²) in [7, 11) is 1.44. The molecule has 0 bridgehead atoms. The highest BCUT2D eigenvalue weighted by molar-refractivity contribution is 7.98. The first-order chi connectivity index (χ1) is 5.81. The predicted molar refractivity (Wildman–Crippen MR) is 53.5 cm³/mol. The lowest BCUT2D eigenvalue weighted by Gasteiger charge is -1.99. The highest BCUT2D eigenvalue weighted by atomic mass is 32.2. The number of esters is 1. The normalized spacial score (nSPS) is 9.83. The van der Waals surface area contributed by atoms with Gasteiger partial charge in [0.2, 0.25) is 0 Å². The number of thioether (sulfide) groups is 1. The summed E-state index contributed by atoms with van der Waals surface area (Å²) in [4.78, 5) is 10.7. The molecule has 0 atom stereocenters. The van der Waals surface area contributed by atoms with Gasteiger partial charge >= 0.3 is 5.97 Å². The molecule has 0 aliphatic heterocycles. The summed E-state index contributed by atoms with van der Waals surface area (Å²) in [5.41, 5.74) is 0. The molecule has 0 saturated heterocycles. The first-order valence-electron chi connectivity index (χ1n) is 4.37.